The van der Waals surface area contributed by atoms with Gasteiger partial charge in [0.15, 0.2) is 0 Å². The van der Waals surface area contributed by atoms with E-state index >= 15 is 0 Å². The van der Waals surface area contributed by atoms with E-state index in [0.717, 1.165) is 5.25 Å². The lowest BCUT2D eigenvalue weighted by Crippen LogP contribution is -2.20. The molecule has 0 bridgehead atoms. The van der Waals surface area contributed by atoms with Crippen molar-refractivity contribution in [2.75, 3.05) is 5.75 Å². The molecule has 0 spiro atoms. The van der Waals surface area contributed by atoms with Gasteiger partial charge in [0, 0.05) is 11.0 Å². The molecular formula is C5H10S4. The van der Waals surface area contributed by atoms with Crippen molar-refractivity contribution in [3.63, 3.8) is 0 Å². The molecule has 1 rings (SSSR count). The third-order valence-corrected chi connectivity index (χ3v) is 6.04. The maximum atomic E-state index is 4.38. The van der Waals surface area contributed by atoms with Gasteiger partial charge in [-0.3, -0.25) is 0 Å². The highest BCUT2D eigenvalue weighted by molar-refractivity contribution is 8.19. The van der Waals surface area contributed by atoms with Gasteiger partial charge >= 0.3 is 0 Å². The highest BCUT2D eigenvalue weighted by Gasteiger charge is 2.23. The molecular weight excluding hydrogens is 188 g/mol. The first kappa shape index (κ1) is 8.50. The SMILES string of the molecule is CC1CSC(S)C(S)S1. The van der Waals surface area contributed by atoms with Gasteiger partial charge in [-0.25, -0.2) is 0 Å². The van der Waals surface area contributed by atoms with Crippen molar-refractivity contribution >= 4 is 48.8 Å². The molecule has 0 saturated carbocycles. The van der Waals surface area contributed by atoms with E-state index in [9.17, 15) is 0 Å². The van der Waals surface area contributed by atoms with Crippen molar-refractivity contribution in [3.05, 3.63) is 0 Å². The van der Waals surface area contributed by atoms with Crippen LogP contribution in [0, 0.1) is 0 Å². The highest BCUT2D eigenvalue weighted by Crippen LogP contribution is 2.39. The summed E-state index contributed by atoms with van der Waals surface area (Å²) in [6.07, 6.45) is 0. The summed E-state index contributed by atoms with van der Waals surface area (Å²) in [5, 5.41) is 0.751. The van der Waals surface area contributed by atoms with E-state index < -0.39 is 0 Å². The first-order valence-corrected chi connectivity index (χ1v) is 5.86. The molecule has 3 unspecified atom stereocenters. The van der Waals surface area contributed by atoms with E-state index in [4.69, 9.17) is 0 Å². The average Bonchev–Trinajstić information content (AvgIpc) is 1.80. The van der Waals surface area contributed by atoms with Crippen LogP contribution < -0.4 is 0 Å². The summed E-state index contributed by atoms with van der Waals surface area (Å²) in [6, 6.07) is 0. The summed E-state index contributed by atoms with van der Waals surface area (Å²) in [7, 11) is 0. The highest BCUT2D eigenvalue weighted by atomic mass is 32.2. The second kappa shape index (κ2) is 3.69. The van der Waals surface area contributed by atoms with Gasteiger partial charge in [-0.2, -0.15) is 25.3 Å². The Bertz CT molecular complexity index is 95.0. The van der Waals surface area contributed by atoms with E-state index in [1.54, 1.807) is 0 Å². The maximum absolute atomic E-state index is 4.38. The van der Waals surface area contributed by atoms with E-state index in [1.165, 1.54) is 5.75 Å². The van der Waals surface area contributed by atoms with Gasteiger partial charge in [-0.05, 0) is 0 Å². The Morgan fingerprint density at radius 1 is 1.33 bits per heavy atom. The van der Waals surface area contributed by atoms with E-state index in [2.05, 4.69) is 32.2 Å². The molecule has 4 heteroatoms. The molecule has 54 valence electrons. The first-order chi connectivity index (χ1) is 4.20. The molecule has 3 atom stereocenters. The molecule has 1 aliphatic rings. The molecule has 0 radical (unpaired) electrons. The van der Waals surface area contributed by atoms with Gasteiger partial charge in [0.25, 0.3) is 0 Å². The van der Waals surface area contributed by atoms with Crippen LogP contribution in [0.3, 0.4) is 0 Å². The molecule has 1 saturated heterocycles. The van der Waals surface area contributed by atoms with Gasteiger partial charge in [0.1, 0.15) is 0 Å². The second-order valence-electron chi connectivity index (χ2n) is 2.06. The smallest absolute Gasteiger partial charge is 0.0682 e. The Morgan fingerprint density at radius 2 is 2.00 bits per heavy atom. The van der Waals surface area contributed by atoms with Crippen LogP contribution in [0.2, 0.25) is 0 Å². The summed E-state index contributed by atoms with van der Waals surface area (Å²) in [6.45, 7) is 2.24. The van der Waals surface area contributed by atoms with E-state index in [0.29, 0.717) is 9.16 Å². The van der Waals surface area contributed by atoms with E-state index in [-0.39, 0.29) is 0 Å². The lowest BCUT2D eigenvalue weighted by atomic mass is 10.6. The second-order valence-corrected chi connectivity index (χ2v) is 6.63. The minimum Gasteiger partial charge on any atom is -0.163 e. The van der Waals surface area contributed by atoms with Crippen LogP contribution in [0.25, 0.3) is 0 Å². The summed E-state index contributed by atoms with van der Waals surface area (Å²) in [5.41, 5.74) is 0. The summed E-state index contributed by atoms with van der Waals surface area (Å²) >= 11 is 12.6. The fourth-order valence-electron chi connectivity index (χ4n) is 0.661. The van der Waals surface area contributed by atoms with Crippen LogP contribution in [0.4, 0.5) is 0 Å². The molecule has 0 amide bonds. The zero-order chi connectivity index (χ0) is 6.85. The third-order valence-electron chi connectivity index (χ3n) is 1.12. The number of thiol groups is 2. The molecule has 1 aliphatic heterocycles. The molecule has 0 nitrogen and oxygen atoms in total. The number of thioether (sulfide) groups is 2. The number of rotatable bonds is 0. The van der Waals surface area contributed by atoms with Crippen LogP contribution in [0.1, 0.15) is 6.92 Å². The van der Waals surface area contributed by atoms with Crippen LogP contribution in [0.5, 0.6) is 0 Å². The van der Waals surface area contributed by atoms with Crippen LogP contribution >= 0.6 is 48.8 Å². The molecule has 0 N–H and O–H groups in total. The van der Waals surface area contributed by atoms with Crippen molar-refractivity contribution in [2.24, 2.45) is 0 Å². The van der Waals surface area contributed by atoms with Gasteiger partial charge in [0.05, 0.1) is 9.16 Å². The minimum absolute atomic E-state index is 0.419. The first-order valence-electron chi connectivity index (χ1n) is 2.83. The molecule has 0 aromatic carbocycles. The lowest BCUT2D eigenvalue weighted by molar-refractivity contribution is 1.10. The predicted molar refractivity (Wildman–Crippen MR) is 55.1 cm³/mol. The van der Waals surface area contributed by atoms with Crippen LogP contribution in [-0.4, -0.2) is 20.2 Å². The Balaban J connectivity index is 2.35. The largest absolute Gasteiger partial charge is 0.163 e. The summed E-state index contributed by atoms with van der Waals surface area (Å²) < 4.78 is 0.844. The van der Waals surface area contributed by atoms with Crippen molar-refractivity contribution in [1.29, 1.82) is 0 Å². The molecule has 1 fully saturated rings. The Hall–Kier alpha value is 1.40. The van der Waals surface area contributed by atoms with E-state index in [1.807, 2.05) is 23.5 Å². The van der Waals surface area contributed by atoms with Crippen LogP contribution in [-0.2, 0) is 0 Å². The van der Waals surface area contributed by atoms with Crippen molar-refractivity contribution in [1.82, 2.24) is 0 Å². The Morgan fingerprint density at radius 3 is 2.44 bits per heavy atom. The molecule has 0 aromatic heterocycles. The van der Waals surface area contributed by atoms with Crippen molar-refractivity contribution in [2.45, 2.75) is 21.3 Å². The summed E-state index contributed by atoms with van der Waals surface area (Å²) in [4.78, 5) is 0. The fraction of sp³-hybridized carbons (Fsp3) is 1.00. The number of hydrogen-bond donors (Lipinski definition) is 2. The van der Waals surface area contributed by atoms with Gasteiger partial charge < -0.3 is 0 Å². The monoisotopic (exact) mass is 198 g/mol. The molecule has 0 aliphatic carbocycles. The quantitative estimate of drug-likeness (QED) is 0.574. The predicted octanol–water partition coefficient (Wildman–Crippen LogP) is 2.37. The van der Waals surface area contributed by atoms with Crippen molar-refractivity contribution < 1.29 is 0 Å². The normalized spacial score (nSPS) is 45.0. The zero-order valence-corrected chi connectivity index (χ0v) is 8.57. The Labute approximate surface area is 75.7 Å². The topological polar surface area (TPSA) is 0 Å². The fourth-order valence-corrected chi connectivity index (χ4v) is 4.23. The average molecular weight is 198 g/mol. The van der Waals surface area contributed by atoms with Crippen molar-refractivity contribution in [3.8, 4) is 0 Å². The maximum Gasteiger partial charge on any atom is 0.0682 e. The molecule has 1 heterocycles. The van der Waals surface area contributed by atoms with Gasteiger partial charge in [0.2, 0.25) is 0 Å². The van der Waals surface area contributed by atoms with Gasteiger partial charge in [-0.15, -0.1) is 23.5 Å². The summed E-state index contributed by atoms with van der Waals surface area (Å²) in [5.74, 6) is 1.22. The number of hydrogen-bond acceptors (Lipinski definition) is 4. The molecule has 9 heavy (non-hydrogen) atoms. The molecule has 0 aromatic rings. The standard InChI is InChI=1S/C5H10S4/c1-3-2-8-4(6)5(7)9-3/h3-7H,2H2,1H3. The van der Waals surface area contributed by atoms with Gasteiger partial charge in [-0.1, -0.05) is 6.92 Å². The van der Waals surface area contributed by atoms with Crippen LogP contribution in [0.15, 0.2) is 0 Å². The third kappa shape index (κ3) is 2.48. The lowest BCUT2D eigenvalue weighted by Gasteiger charge is -2.27. The Kier molecular flexibility index (Phi) is 3.49. The zero-order valence-electron chi connectivity index (χ0n) is 5.15. The minimum atomic E-state index is 0.419.